The fourth-order valence-corrected chi connectivity index (χ4v) is 4.28. The lowest BCUT2D eigenvalue weighted by molar-refractivity contribution is 0.222. The minimum absolute atomic E-state index is 0.00458. The average molecular weight is 339 g/mol. The molecule has 0 bridgehead atoms. The molecule has 0 unspecified atom stereocenters. The van der Waals surface area contributed by atoms with E-state index >= 15 is 0 Å². The van der Waals surface area contributed by atoms with Crippen LogP contribution in [-0.4, -0.2) is 58.0 Å². The summed E-state index contributed by atoms with van der Waals surface area (Å²) >= 11 is 12.1. The Morgan fingerprint density at radius 1 is 1.10 bits per heavy atom. The fraction of sp³-hybridized carbons (Fsp3) is 0.500. The quantitative estimate of drug-likeness (QED) is 0.845. The topological polar surface area (TPSA) is 49.9 Å². The van der Waals surface area contributed by atoms with E-state index in [9.17, 15) is 8.42 Å². The maximum absolute atomic E-state index is 12.6. The van der Waals surface area contributed by atoms with Crippen LogP contribution in [0.5, 0.6) is 5.75 Å². The lowest BCUT2D eigenvalue weighted by Crippen LogP contribution is -2.47. The Morgan fingerprint density at radius 3 is 2.25 bits per heavy atom. The second-order valence-corrected chi connectivity index (χ2v) is 7.26. The van der Waals surface area contributed by atoms with Crippen LogP contribution in [0.3, 0.4) is 0 Å². The zero-order chi connectivity index (χ0) is 14.9. The maximum Gasteiger partial charge on any atom is 0.244 e. The molecule has 2 rings (SSSR count). The smallest absolute Gasteiger partial charge is 0.244 e. The van der Waals surface area contributed by atoms with E-state index in [1.807, 2.05) is 7.05 Å². The second-order valence-electron chi connectivity index (χ2n) is 4.60. The molecule has 1 fully saturated rings. The first-order chi connectivity index (χ1) is 9.37. The number of rotatable bonds is 3. The molecule has 20 heavy (non-hydrogen) atoms. The number of nitrogens with zero attached hydrogens (tertiary/aromatic N) is 2. The lowest BCUT2D eigenvalue weighted by atomic mass is 10.3. The largest absolute Gasteiger partial charge is 0.495 e. The van der Waals surface area contributed by atoms with Crippen LogP contribution in [0.1, 0.15) is 0 Å². The second kappa shape index (κ2) is 6.07. The third-order valence-electron chi connectivity index (χ3n) is 3.31. The molecule has 1 aliphatic rings. The summed E-state index contributed by atoms with van der Waals surface area (Å²) in [5, 5.41) is 0.120. The van der Waals surface area contributed by atoms with Gasteiger partial charge in [0.2, 0.25) is 10.0 Å². The van der Waals surface area contributed by atoms with Crippen LogP contribution in [0.25, 0.3) is 0 Å². The standard InChI is InChI=1S/C12H16Cl2N2O3S/c1-15-5-7-16(8-6-15)20(17,18)10-4-3-9(19-2)11(13)12(10)14/h3-4H,5-8H2,1-2H3. The summed E-state index contributed by atoms with van der Waals surface area (Å²) in [5.41, 5.74) is 0. The summed E-state index contributed by atoms with van der Waals surface area (Å²) in [6.07, 6.45) is 0. The Hall–Kier alpha value is -0.530. The van der Waals surface area contributed by atoms with Gasteiger partial charge in [0, 0.05) is 26.2 Å². The number of methoxy groups -OCH3 is 1. The van der Waals surface area contributed by atoms with E-state index in [0.29, 0.717) is 31.9 Å². The minimum atomic E-state index is -3.63. The molecule has 0 aliphatic carbocycles. The Bertz CT molecular complexity index is 599. The normalized spacial score (nSPS) is 18.2. The summed E-state index contributed by atoms with van der Waals surface area (Å²) in [7, 11) is -0.219. The highest BCUT2D eigenvalue weighted by atomic mass is 35.5. The van der Waals surface area contributed by atoms with Gasteiger partial charge in [-0.05, 0) is 19.2 Å². The Labute approximate surface area is 129 Å². The predicted octanol–water partition coefficient (Wildman–Crippen LogP) is 1.94. The Kier molecular flexibility index (Phi) is 4.81. The molecule has 112 valence electrons. The predicted molar refractivity (Wildman–Crippen MR) is 79.3 cm³/mol. The van der Waals surface area contributed by atoms with Gasteiger partial charge in [0.25, 0.3) is 0 Å². The van der Waals surface area contributed by atoms with E-state index in [4.69, 9.17) is 27.9 Å². The summed E-state index contributed by atoms with van der Waals surface area (Å²) in [4.78, 5) is 2.10. The number of sulfonamides is 1. The van der Waals surface area contributed by atoms with Gasteiger partial charge in [-0.2, -0.15) is 4.31 Å². The SMILES string of the molecule is COc1ccc(S(=O)(=O)N2CCN(C)CC2)c(Cl)c1Cl. The highest BCUT2D eigenvalue weighted by Gasteiger charge is 2.30. The number of piperazine rings is 1. The van der Waals surface area contributed by atoms with Gasteiger partial charge >= 0.3 is 0 Å². The third kappa shape index (κ3) is 2.89. The van der Waals surface area contributed by atoms with E-state index in [2.05, 4.69) is 4.90 Å². The summed E-state index contributed by atoms with van der Waals surface area (Å²) < 4.78 is 31.6. The molecule has 0 atom stereocenters. The number of halogens is 2. The van der Waals surface area contributed by atoms with E-state index in [1.165, 1.54) is 23.5 Å². The Morgan fingerprint density at radius 2 is 1.70 bits per heavy atom. The highest BCUT2D eigenvalue weighted by molar-refractivity contribution is 7.89. The van der Waals surface area contributed by atoms with Crippen LogP contribution in [-0.2, 0) is 10.0 Å². The van der Waals surface area contributed by atoms with E-state index in [1.54, 1.807) is 0 Å². The monoisotopic (exact) mass is 338 g/mol. The van der Waals surface area contributed by atoms with Crippen molar-refractivity contribution in [1.82, 2.24) is 9.21 Å². The number of likely N-dealkylation sites (N-methyl/N-ethyl adjacent to an activating group) is 1. The summed E-state index contributed by atoms with van der Waals surface area (Å²) in [6, 6.07) is 2.94. The van der Waals surface area contributed by atoms with Gasteiger partial charge in [0.05, 0.1) is 12.1 Å². The lowest BCUT2D eigenvalue weighted by Gasteiger charge is -2.31. The maximum atomic E-state index is 12.6. The van der Waals surface area contributed by atoms with Gasteiger partial charge in [-0.1, -0.05) is 23.2 Å². The minimum Gasteiger partial charge on any atom is -0.495 e. The van der Waals surface area contributed by atoms with Crippen molar-refractivity contribution >= 4 is 33.2 Å². The van der Waals surface area contributed by atoms with Crippen molar-refractivity contribution in [2.24, 2.45) is 0 Å². The molecule has 1 saturated heterocycles. The zero-order valence-electron chi connectivity index (χ0n) is 11.3. The third-order valence-corrected chi connectivity index (χ3v) is 6.23. The van der Waals surface area contributed by atoms with Crippen LogP contribution in [0.2, 0.25) is 10.0 Å². The molecule has 0 radical (unpaired) electrons. The van der Waals surface area contributed by atoms with Crippen molar-refractivity contribution in [3.8, 4) is 5.75 Å². The van der Waals surface area contributed by atoms with E-state index in [-0.39, 0.29) is 14.9 Å². The molecule has 1 heterocycles. The molecule has 8 heteroatoms. The number of ether oxygens (including phenoxy) is 1. The molecular weight excluding hydrogens is 323 g/mol. The Balaban J connectivity index is 2.37. The van der Waals surface area contributed by atoms with Crippen molar-refractivity contribution in [2.75, 3.05) is 40.3 Å². The van der Waals surface area contributed by atoms with E-state index < -0.39 is 10.0 Å². The number of hydrogen-bond donors (Lipinski definition) is 0. The molecule has 0 saturated carbocycles. The van der Waals surface area contributed by atoms with Gasteiger partial charge < -0.3 is 9.64 Å². The summed E-state index contributed by atoms with van der Waals surface area (Å²) in [5.74, 6) is 0.356. The highest BCUT2D eigenvalue weighted by Crippen LogP contribution is 2.37. The molecule has 0 N–H and O–H groups in total. The van der Waals surface area contributed by atoms with Gasteiger partial charge in [0.1, 0.15) is 15.7 Å². The summed E-state index contributed by atoms with van der Waals surface area (Å²) in [6.45, 7) is 2.28. The molecule has 5 nitrogen and oxygen atoms in total. The first kappa shape index (κ1) is 15.9. The van der Waals surface area contributed by atoms with Gasteiger partial charge in [-0.25, -0.2) is 8.42 Å². The number of hydrogen-bond acceptors (Lipinski definition) is 4. The van der Waals surface area contributed by atoms with Crippen molar-refractivity contribution < 1.29 is 13.2 Å². The fourth-order valence-electron chi connectivity index (χ4n) is 2.04. The molecule has 0 aromatic heterocycles. The van der Waals surface area contributed by atoms with Gasteiger partial charge in [-0.15, -0.1) is 0 Å². The van der Waals surface area contributed by atoms with Crippen LogP contribution < -0.4 is 4.74 Å². The van der Waals surface area contributed by atoms with Crippen molar-refractivity contribution in [1.29, 1.82) is 0 Å². The zero-order valence-corrected chi connectivity index (χ0v) is 13.6. The molecule has 1 aromatic carbocycles. The van der Waals surface area contributed by atoms with Crippen LogP contribution >= 0.6 is 23.2 Å². The molecule has 0 spiro atoms. The van der Waals surface area contributed by atoms with Crippen molar-refractivity contribution in [3.63, 3.8) is 0 Å². The molecule has 0 amide bonds. The van der Waals surface area contributed by atoms with Crippen molar-refractivity contribution in [2.45, 2.75) is 4.90 Å². The molecule has 1 aromatic rings. The van der Waals surface area contributed by atoms with E-state index in [0.717, 1.165) is 0 Å². The van der Waals surface area contributed by atoms with Gasteiger partial charge in [-0.3, -0.25) is 0 Å². The van der Waals surface area contributed by atoms with Crippen LogP contribution in [0.15, 0.2) is 17.0 Å². The molecular formula is C12H16Cl2N2O3S. The first-order valence-electron chi connectivity index (χ1n) is 6.08. The number of benzene rings is 1. The molecule has 1 aliphatic heterocycles. The average Bonchev–Trinajstić information content (AvgIpc) is 2.42. The van der Waals surface area contributed by atoms with Crippen molar-refractivity contribution in [3.05, 3.63) is 22.2 Å². The first-order valence-corrected chi connectivity index (χ1v) is 8.28. The van der Waals surface area contributed by atoms with Crippen LogP contribution in [0, 0.1) is 0 Å². The van der Waals surface area contributed by atoms with Crippen LogP contribution in [0.4, 0.5) is 0 Å². The van der Waals surface area contributed by atoms with Gasteiger partial charge in [0.15, 0.2) is 0 Å².